The molecule has 1 heterocycles. The van der Waals surface area contributed by atoms with Crippen molar-refractivity contribution >= 4 is 16.8 Å². The highest BCUT2D eigenvalue weighted by Crippen LogP contribution is 2.12. The van der Waals surface area contributed by atoms with Crippen LogP contribution in [0.15, 0.2) is 24.4 Å². The van der Waals surface area contributed by atoms with Crippen molar-refractivity contribution in [2.24, 2.45) is 0 Å². The van der Waals surface area contributed by atoms with Gasteiger partial charge in [0.25, 0.3) is 5.91 Å². The summed E-state index contributed by atoms with van der Waals surface area (Å²) in [6.07, 6.45) is 2.27. The predicted molar refractivity (Wildman–Crippen MR) is 64.7 cm³/mol. The third-order valence-corrected chi connectivity index (χ3v) is 2.64. The van der Waals surface area contributed by atoms with Gasteiger partial charge in [-0.15, -0.1) is 0 Å². The van der Waals surface area contributed by atoms with E-state index in [1.807, 2.05) is 13.0 Å². The van der Waals surface area contributed by atoms with Crippen LogP contribution in [-0.2, 0) is 0 Å². The van der Waals surface area contributed by atoms with Gasteiger partial charge in [0.1, 0.15) is 0 Å². The lowest BCUT2D eigenvalue weighted by Gasteiger charge is -2.12. The number of nitrogens with zero attached hydrogens (tertiary/aromatic N) is 1. The number of aliphatic hydroxyl groups is 1. The summed E-state index contributed by atoms with van der Waals surface area (Å²) < 4.78 is 0. The van der Waals surface area contributed by atoms with Gasteiger partial charge in [-0.1, -0.05) is 6.07 Å². The Morgan fingerprint density at radius 1 is 1.59 bits per heavy atom. The summed E-state index contributed by atoms with van der Waals surface area (Å²) in [5.41, 5.74) is 1.43. The summed E-state index contributed by atoms with van der Waals surface area (Å²) in [4.78, 5) is 11.9. The lowest BCUT2D eigenvalue weighted by Crippen LogP contribution is -2.33. The van der Waals surface area contributed by atoms with Crippen LogP contribution in [0, 0.1) is 0 Å². The van der Waals surface area contributed by atoms with Gasteiger partial charge in [0, 0.05) is 23.6 Å². The molecule has 1 aromatic carbocycles. The monoisotopic (exact) mass is 233 g/mol. The Kier molecular flexibility index (Phi) is 3.39. The number of carbonyl (C=O) groups is 1. The van der Waals surface area contributed by atoms with Crippen molar-refractivity contribution in [3.05, 3.63) is 30.0 Å². The van der Waals surface area contributed by atoms with E-state index in [4.69, 9.17) is 5.11 Å². The zero-order chi connectivity index (χ0) is 12.3. The second kappa shape index (κ2) is 4.97. The normalized spacial score (nSPS) is 12.6. The predicted octanol–water partition coefficient (Wildman–Crippen LogP) is 1.06. The minimum Gasteiger partial charge on any atom is -0.396 e. The maximum Gasteiger partial charge on any atom is 0.251 e. The number of rotatable bonds is 4. The Labute approximate surface area is 98.8 Å². The number of fused-ring (bicyclic) bond motifs is 1. The summed E-state index contributed by atoms with van der Waals surface area (Å²) in [6.45, 7) is 1.93. The minimum atomic E-state index is -0.137. The number of aliphatic hydroxyl groups excluding tert-OH is 1. The van der Waals surface area contributed by atoms with E-state index in [-0.39, 0.29) is 18.6 Å². The molecule has 0 saturated heterocycles. The molecule has 0 saturated carbocycles. The first kappa shape index (κ1) is 11.6. The molecular formula is C12H15N3O2. The molecule has 1 atom stereocenters. The molecule has 17 heavy (non-hydrogen) atoms. The van der Waals surface area contributed by atoms with Gasteiger partial charge in [0.2, 0.25) is 0 Å². The van der Waals surface area contributed by atoms with E-state index in [9.17, 15) is 4.79 Å². The van der Waals surface area contributed by atoms with Gasteiger partial charge in [-0.2, -0.15) is 5.10 Å². The summed E-state index contributed by atoms with van der Waals surface area (Å²) in [6, 6.07) is 5.34. The molecule has 90 valence electrons. The Morgan fingerprint density at radius 2 is 2.41 bits per heavy atom. The molecule has 5 nitrogen and oxygen atoms in total. The first-order valence-corrected chi connectivity index (χ1v) is 5.55. The third kappa shape index (κ3) is 2.62. The zero-order valence-corrected chi connectivity index (χ0v) is 9.60. The fraction of sp³-hybridized carbons (Fsp3) is 0.333. The van der Waals surface area contributed by atoms with E-state index >= 15 is 0 Å². The highest BCUT2D eigenvalue weighted by atomic mass is 16.3. The van der Waals surface area contributed by atoms with Crippen molar-refractivity contribution in [2.45, 2.75) is 19.4 Å². The van der Waals surface area contributed by atoms with Crippen LogP contribution in [0.3, 0.4) is 0 Å². The minimum absolute atomic E-state index is 0.0371. The van der Waals surface area contributed by atoms with Crippen molar-refractivity contribution < 1.29 is 9.90 Å². The number of nitrogens with one attached hydrogen (secondary N) is 2. The van der Waals surface area contributed by atoms with Crippen LogP contribution in [0.25, 0.3) is 10.9 Å². The van der Waals surface area contributed by atoms with Gasteiger partial charge < -0.3 is 10.4 Å². The summed E-state index contributed by atoms with van der Waals surface area (Å²) in [5.74, 6) is -0.137. The number of aromatic amines is 1. The van der Waals surface area contributed by atoms with Gasteiger partial charge in [0.15, 0.2) is 0 Å². The van der Waals surface area contributed by atoms with Crippen molar-refractivity contribution in [1.29, 1.82) is 0 Å². The van der Waals surface area contributed by atoms with Gasteiger partial charge in [0.05, 0.1) is 11.7 Å². The summed E-state index contributed by atoms with van der Waals surface area (Å²) in [5, 5.41) is 19.3. The van der Waals surface area contributed by atoms with Crippen LogP contribution in [0.5, 0.6) is 0 Å². The van der Waals surface area contributed by atoms with Crippen molar-refractivity contribution in [2.75, 3.05) is 6.61 Å². The fourth-order valence-electron chi connectivity index (χ4n) is 1.65. The Morgan fingerprint density at radius 3 is 3.18 bits per heavy atom. The topological polar surface area (TPSA) is 78.0 Å². The Hall–Kier alpha value is -1.88. The van der Waals surface area contributed by atoms with E-state index in [0.717, 1.165) is 10.9 Å². The number of carbonyl (C=O) groups excluding carboxylic acids is 1. The van der Waals surface area contributed by atoms with Crippen molar-refractivity contribution in [1.82, 2.24) is 15.5 Å². The average molecular weight is 233 g/mol. The molecule has 1 aromatic heterocycles. The fourth-order valence-corrected chi connectivity index (χ4v) is 1.65. The SMILES string of the molecule is CC(CCO)NC(=O)c1ccc2cn[nH]c2c1. The van der Waals surface area contributed by atoms with Crippen LogP contribution in [0.1, 0.15) is 23.7 Å². The second-order valence-corrected chi connectivity index (χ2v) is 4.06. The van der Waals surface area contributed by atoms with E-state index < -0.39 is 0 Å². The molecular weight excluding hydrogens is 218 g/mol. The molecule has 0 radical (unpaired) electrons. The second-order valence-electron chi connectivity index (χ2n) is 4.06. The van der Waals surface area contributed by atoms with E-state index in [0.29, 0.717) is 12.0 Å². The molecule has 5 heteroatoms. The molecule has 2 rings (SSSR count). The maximum atomic E-state index is 11.9. The van der Waals surface area contributed by atoms with E-state index in [1.54, 1.807) is 18.3 Å². The van der Waals surface area contributed by atoms with Crippen molar-refractivity contribution in [3.8, 4) is 0 Å². The first-order valence-electron chi connectivity index (χ1n) is 5.55. The highest BCUT2D eigenvalue weighted by Gasteiger charge is 2.10. The lowest BCUT2D eigenvalue weighted by molar-refractivity contribution is 0.0934. The van der Waals surface area contributed by atoms with Gasteiger partial charge in [-0.05, 0) is 25.5 Å². The number of hydrogen-bond acceptors (Lipinski definition) is 3. The third-order valence-electron chi connectivity index (χ3n) is 2.64. The van der Waals surface area contributed by atoms with Gasteiger partial charge in [-0.25, -0.2) is 0 Å². The molecule has 1 unspecified atom stereocenters. The van der Waals surface area contributed by atoms with E-state index in [2.05, 4.69) is 15.5 Å². The van der Waals surface area contributed by atoms with Crippen LogP contribution < -0.4 is 5.32 Å². The van der Waals surface area contributed by atoms with E-state index in [1.165, 1.54) is 0 Å². The number of benzene rings is 1. The average Bonchev–Trinajstić information content (AvgIpc) is 2.75. The molecule has 0 aliphatic carbocycles. The highest BCUT2D eigenvalue weighted by molar-refractivity contribution is 5.97. The lowest BCUT2D eigenvalue weighted by atomic mass is 10.1. The zero-order valence-electron chi connectivity index (χ0n) is 9.60. The number of hydrogen-bond donors (Lipinski definition) is 3. The van der Waals surface area contributed by atoms with Crippen LogP contribution in [0.4, 0.5) is 0 Å². The number of aromatic nitrogens is 2. The molecule has 2 aromatic rings. The maximum absolute atomic E-state index is 11.9. The smallest absolute Gasteiger partial charge is 0.251 e. The first-order chi connectivity index (χ1) is 8.20. The van der Waals surface area contributed by atoms with Gasteiger partial charge in [-0.3, -0.25) is 9.89 Å². The Bertz CT molecular complexity index is 521. The molecule has 0 spiro atoms. The molecule has 0 aliphatic rings. The van der Waals surface area contributed by atoms with Crippen LogP contribution in [0.2, 0.25) is 0 Å². The van der Waals surface area contributed by atoms with Crippen LogP contribution >= 0.6 is 0 Å². The quantitative estimate of drug-likeness (QED) is 0.739. The molecule has 3 N–H and O–H groups in total. The van der Waals surface area contributed by atoms with Crippen LogP contribution in [-0.4, -0.2) is 33.9 Å². The largest absolute Gasteiger partial charge is 0.396 e. The molecule has 1 amide bonds. The van der Waals surface area contributed by atoms with Crippen molar-refractivity contribution in [3.63, 3.8) is 0 Å². The summed E-state index contributed by atoms with van der Waals surface area (Å²) >= 11 is 0. The molecule has 0 bridgehead atoms. The van der Waals surface area contributed by atoms with Gasteiger partial charge >= 0.3 is 0 Å². The summed E-state index contributed by atoms with van der Waals surface area (Å²) in [7, 11) is 0. The number of amides is 1. The molecule has 0 aliphatic heterocycles. The Balaban J connectivity index is 2.13. The number of H-pyrrole nitrogens is 1. The standard InChI is InChI=1S/C12H15N3O2/c1-8(4-5-16)14-12(17)9-2-3-10-7-13-15-11(10)6-9/h2-3,6-8,16H,4-5H2,1H3,(H,13,15)(H,14,17). The molecule has 0 fully saturated rings.